The Hall–Kier alpha value is -6.48. The van der Waals surface area contributed by atoms with E-state index >= 15 is 0 Å². The molecule has 0 spiro atoms. The molecule has 57 heavy (non-hydrogen) atoms. The van der Waals surface area contributed by atoms with Crippen LogP contribution >= 0.6 is 0 Å². The van der Waals surface area contributed by atoms with Gasteiger partial charge in [-0.25, -0.2) is 9.97 Å². The molecule has 1 aliphatic rings. The summed E-state index contributed by atoms with van der Waals surface area (Å²) in [6.45, 7) is 12.6. The number of ether oxygens (including phenoxy) is 4. The molecule has 3 aromatic heterocycles. The highest BCUT2D eigenvalue weighted by molar-refractivity contribution is 6.98. The zero-order valence-corrected chi connectivity index (χ0v) is 33.2. The second kappa shape index (κ2) is 16.3. The molecule has 9 heteroatoms. The Kier molecular flexibility index (Phi) is 10.7. The maximum atomic E-state index is 6.75. The topological polar surface area (TPSA) is 88.5 Å². The van der Waals surface area contributed by atoms with E-state index in [1.807, 2.05) is 80.6 Å². The van der Waals surface area contributed by atoms with Gasteiger partial charge >= 0.3 is 0 Å². The minimum Gasteiger partial charge on any atom is -0.457 e. The molecule has 4 heterocycles. The first-order chi connectivity index (χ1) is 27.6. The minimum atomic E-state index is -0.238. The third kappa shape index (κ3) is 8.68. The molecule has 0 saturated heterocycles. The SMILES string of the molecule is Cc1ccnc(Oc2ccc(CC(C)C)c(Oc3ccc4c(c3)B(c3ncccn3)c3cc(Oc5cc(Oc6cc(C)ccn6)ccc5CC(C)C)ccc3-4)c2)c1. The second-order valence-corrected chi connectivity index (χ2v) is 15.5. The normalized spacial score (nSPS) is 11.8. The van der Waals surface area contributed by atoms with Crippen molar-refractivity contribution in [2.45, 2.75) is 54.4 Å². The molecule has 1 aliphatic heterocycles. The lowest BCUT2D eigenvalue weighted by molar-refractivity contribution is 0.443. The van der Waals surface area contributed by atoms with Crippen LogP contribution in [0.4, 0.5) is 0 Å². The van der Waals surface area contributed by atoms with Gasteiger partial charge in [-0.2, -0.15) is 0 Å². The Labute approximate surface area is 335 Å². The van der Waals surface area contributed by atoms with Crippen molar-refractivity contribution in [1.82, 2.24) is 19.9 Å². The van der Waals surface area contributed by atoms with Gasteiger partial charge < -0.3 is 18.9 Å². The highest BCUT2D eigenvalue weighted by atomic mass is 16.5. The Bertz CT molecular complexity index is 2390. The molecular formula is C48H45BN4O4. The molecule has 0 aliphatic carbocycles. The van der Waals surface area contributed by atoms with Crippen LogP contribution in [0.3, 0.4) is 0 Å². The van der Waals surface area contributed by atoms with E-state index in [0.29, 0.717) is 52.3 Å². The summed E-state index contributed by atoms with van der Waals surface area (Å²) < 4.78 is 25.8. The first-order valence-corrected chi connectivity index (χ1v) is 19.5. The number of benzene rings is 4. The number of hydrogen-bond acceptors (Lipinski definition) is 8. The molecular weight excluding hydrogens is 707 g/mol. The Morgan fingerprint density at radius 2 is 0.912 bits per heavy atom. The molecule has 0 bridgehead atoms. The van der Waals surface area contributed by atoms with Crippen LogP contribution < -0.4 is 35.6 Å². The monoisotopic (exact) mass is 752 g/mol. The van der Waals surface area contributed by atoms with Crippen molar-refractivity contribution in [1.29, 1.82) is 0 Å². The van der Waals surface area contributed by atoms with Crippen molar-refractivity contribution in [2.75, 3.05) is 0 Å². The van der Waals surface area contributed by atoms with Crippen LogP contribution in [0.15, 0.2) is 128 Å². The molecule has 4 aromatic carbocycles. The number of pyridine rings is 2. The van der Waals surface area contributed by atoms with Crippen LogP contribution in [-0.4, -0.2) is 26.6 Å². The van der Waals surface area contributed by atoms with Crippen molar-refractivity contribution in [3.63, 3.8) is 0 Å². The van der Waals surface area contributed by atoms with E-state index in [-0.39, 0.29) is 6.71 Å². The molecule has 0 N–H and O–H groups in total. The third-order valence-corrected chi connectivity index (χ3v) is 9.82. The lowest BCUT2D eigenvalue weighted by Crippen LogP contribution is -2.51. The smallest absolute Gasteiger partial charge is 0.291 e. The number of rotatable bonds is 13. The summed E-state index contributed by atoms with van der Waals surface area (Å²) in [6, 6.07) is 34.2. The van der Waals surface area contributed by atoms with E-state index in [9.17, 15) is 0 Å². The first-order valence-electron chi connectivity index (χ1n) is 19.5. The van der Waals surface area contributed by atoms with Gasteiger partial charge in [-0.05, 0) is 127 Å². The zero-order valence-electron chi connectivity index (χ0n) is 33.2. The van der Waals surface area contributed by atoms with Crippen molar-refractivity contribution in [3.05, 3.63) is 150 Å². The standard InChI is InChI=1S/C48H45BN4O4/c1-30(2)22-34-8-10-38(56-46-24-32(5)16-20-50-46)28-44(34)54-36-12-14-40-41-15-13-37(27-43(41)49(42(40)26-36)48-52-18-7-19-53-48)55-45-29-39(11-9-35(45)23-31(3)4)57-47-25-33(6)17-21-51-47/h7-21,24-31H,22-23H2,1-6H3. The lowest BCUT2D eigenvalue weighted by Gasteiger charge is -2.16. The molecule has 0 unspecified atom stereocenters. The number of hydrogen-bond donors (Lipinski definition) is 0. The maximum Gasteiger partial charge on any atom is 0.291 e. The summed E-state index contributed by atoms with van der Waals surface area (Å²) in [5.41, 5.74) is 9.40. The van der Waals surface area contributed by atoms with Gasteiger partial charge in [-0.15, -0.1) is 0 Å². The summed E-state index contributed by atoms with van der Waals surface area (Å²) >= 11 is 0. The third-order valence-electron chi connectivity index (χ3n) is 9.82. The van der Waals surface area contributed by atoms with Gasteiger partial charge in [0.25, 0.3) is 6.71 Å². The predicted molar refractivity (Wildman–Crippen MR) is 227 cm³/mol. The Morgan fingerprint density at radius 3 is 1.35 bits per heavy atom. The number of nitrogens with zero attached hydrogens (tertiary/aromatic N) is 4. The van der Waals surface area contributed by atoms with E-state index < -0.39 is 0 Å². The van der Waals surface area contributed by atoms with Crippen molar-refractivity contribution < 1.29 is 18.9 Å². The average molecular weight is 753 g/mol. The highest BCUT2D eigenvalue weighted by Crippen LogP contribution is 2.37. The fourth-order valence-electron chi connectivity index (χ4n) is 7.31. The average Bonchev–Trinajstić information content (AvgIpc) is 3.49. The van der Waals surface area contributed by atoms with Gasteiger partial charge in [-0.1, -0.05) is 62.9 Å². The molecule has 0 radical (unpaired) electrons. The van der Waals surface area contributed by atoms with Crippen LogP contribution in [0.2, 0.25) is 0 Å². The predicted octanol–water partition coefficient (Wildman–Crippen LogP) is 9.95. The first kappa shape index (κ1) is 37.4. The van der Waals surface area contributed by atoms with Crippen LogP contribution in [0.25, 0.3) is 11.1 Å². The van der Waals surface area contributed by atoms with Gasteiger partial charge in [0, 0.05) is 49.1 Å². The second-order valence-electron chi connectivity index (χ2n) is 15.5. The minimum absolute atomic E-state index is 0.238. The number of aromatic nitrogens is 4. The Morgan fingerprint density at radius 1 is 0.474 bits per heavy atom. The molecule has 7 aromatic rings. The number of fused-ring (bicyclic) bond motifs is 3. The van der Waals surface area contributed by atoms with Crippen LogP contribution in [-0.2, 0) is 12.8 Å². The molecule has 0 atom stereocenters. The largest absolute Gasteiger partial charge is 0.457 e. The molecule has 0 fully saturated rings. The lowest BCUT2D eigenvalue weighted by atomic mass is 9.42. The van der Waals surface area contributed by atoms with Crippen molar-refractivity contribution in [3.8, 4) is 57.4 Å². The van der Waals surface area contributed by atoms with E-state index in [1.165, 1.54) is 0 Å². The molecule has 8 nitrogen and oxygen atoms in total. The molecule has 0 amide bonds. The van der Waals surface area contributed by atoms with Gasteiger partial charge in [0.1, 0.15) is 34.5 Å². The maximum absolute atomic E-state index is 6.75. The molecule has 284 valence electrons. The van der Waals surface area contributed by atoms with Gasteiger partial charge in [0.2, 0.25) is 11.8 Å². The van der Waals surface area contributed by atoms with Gasteiger partial charge in [0.05, 0.1) is 5.72 Å². The summed E-state index contributed by atoms with van der Waals surface area (Å²) in [5, 5.41) is 0. The summed E-state index contributed by atoms with van der Waals surface area (Å²) in [7, 11) is 0. The van der Waals surface area contributed by atoms with E-state index in [2.05, 4.69) is 74.1 Å². The quantitative estimate of drug-likeness (QED) is 0.108. The van der Waals surface area contributed by atoms with E-state index in [1.54, 1.807) is 24.8 Å². The van der Waals surface area contributed by atoms with Crippen LogP contribution in [0, 0.1) is 25.7 Å². The van der Waals surface area contributed by atoms with E-state index in [4.69, 9.17) is 28.9 Å². The molecule has 0 saturated carbocycles. The van der Waals surface area contributed by atoms with Crippen LogP contribution in [0.5, 0.6) is 46.3 Å². The zero-order chi connectivity index (χ0) is 39.5. The fraction of sp³-hybridized carbons (Fsp3) is 0.208. The summed E-state index contributed by atoms with van der Waals surface area (Å²) in [6.07, 6.45) is 8.80. The van der Waals surface area contributed by atoms with Gasteiger partial charge in [-0.3, -0.25) is 9.97 Å². The Balaban J connectivity index is 1.13. The summed E-state index contributed by atoms with van der Waals surface area (Å²) in [4.78, 5) is 18.3. The van der Waals surface area contributed by atoms with Crippen molar-refractivity contribution >= 4 is 23.4 Å². The van der Waals surface area contributed by atoms with Crippen molar-refractivity contribution in [2.24, 2.45) is 11.8 Å². The highest BCUT2D eigenvalue weighted by Gasteiger charge is 2.36. The van der Waals surface area contributed by atoms with E-state index in [0.717, 1.165) is 68.6 Å². The fourth-order valence-corrected chi connectivity index (χ4v) is 7.31. The van der Waals surface area contributed by atoms with Gasteiger partial charge in [0.15, 0.2) is 0 Å². The molecule has 8 rings (SSSR count). The number of aryl methyl sites for hydroxylation is 2. The summed E-state index contributed by atoms with van der Waals surface area (Å²) in [5.74, 6) is 6.19. The van der Waals surface area contributed by atoms with Crippen LogP contribution in [0.1, 0.15) is 49.9 Å².